The molecular formula is C15H22BrNO2. The molecular weight excluding hydrogens is 306 g/mol. The van der Waals surface area contributed by atoms with Gasteiger partial charge in [-0.25, -0.2) is 0 Å². The highest BCUT2D eigenvalue weighted by Gasteiger charge is 2.24. The zero-order valence-electron chi connectivity index (χ0n) is 11.1. The second kappa shape index (κ2) is 7.39. The van der Waals surface area contributed by atoms with E-state index >= 15 is 0 Å². The van der Waals surface area contributed by atoms with E-state index in [-0.39, 0.29) is 6.61 Å². The van der Waals surface area contributed by atoms with Gasteiger partial charge in [0.05, 0.1) is 6.10 Å². The maximum atomic E-state index is 10.3. The number of nitrogens with zero attached hydrogens (tertiary/aromatic N) is 1. The lowest BCUT2D eigenvalue weighted by atomic mass is 9.98. The van der Waals surface area contributed by atoms with E-state index in [4.69, 9.17) is 5.11 Å². The number of hydrogen-bond acceptors (Lipinski definition) is 3. The molecule has 0 amide bonds. The molecule has 0 aliphatic carbocycles. The van der Waals surface area contributed by atoms with Crippen molar-refractivity contribution in [1.82, 2.24) is 4.90 Å². The predicted octanol–water partition coefficient (Wildman–Crippen LogP) is 2.72. The second-order valence-electron chi connectivity index (χ2n) is 5.22. The zero-order valence-corrected chi connectivity index (χ0v) is 12.7. The van der Waals surface area contributed by atoms with E-state index in [0.29, 0.717) is 12.6 Å². The molecule has 1 heterocycles. The summed E-state index contributed by atoms with van der Waals surface area (Å²) in [7, 11) is 0. The van der Waals surface area contributed by atoms with Gasteiger partial charge in [0, 0.05) is 23.7 Å². The second-order valence-corrected chi connectivity index (χ2v) is 6.14. The van der Waals surface area contributed by atoms with Gasteiger partial charge in [-0.3, -0.25) is 4.90 Å². The summed E-state index contributed by atoms with van der Waals surface area (Å²) in [5.74, 6) is 0. The van der Waals surface area contributed by atoms with Gasteiger partial charge in [-0.1, -0.05) is 34.5 Å². The Morgan fingerprint density at radius 1 is 1.26 bits per heavy atom. The molecule has 2 unspecified atom stereocenters. The fourth-order valence-electron chi connectivity index (χ4n) is 2.79. The Bertz CT molecular complexity index is 380. The lowest BCUT2D eigenvalue weighted by Crippen LogP contribution is -2.42. The number of β-amino-alcohol motifs (C(OH)–C–C–N with tert-alkyl or cyclic N) is 1. The molecule has 1 aromatic carbocycles. The van der Waals surface area contributed by atoms with Crippen LogP contribution in [0.4, 0.5) is 0 Å². The highest BCUT2D eigenvalue weighted by Crippen LogP contribution is 2.24. The number of piperidine rings is 1. The molecule has 0 radical (unpaired) electrons. The van der Waals surface area contributed by atoms with E-state index in [9.17, 15) is 5.11 Å². The molecule has 1 saturated heterocycles. The summed E-state index contributed by atoms with van der Waals surface area (Å²) in [6, 6.07) is 8.25. The van der Waals surface area contributed by atoms with Gasteiger partial charge in [-0.05, 0) is 43.5 Å². The summed E-state index contributed by atoms with van der Waals surface area (Å²) >= 11 is 3.40. The molecule has 0 spiro atoms. The average molecular weight is 328 g/mol. The van der Waals surface area contributed by atoms with Crippen molar-refractivity contribution in [2.75, 3.05) is 19.7 Å². The highest BCUT2D eigenvalue weighted by atomic mass is 79.9. The van der Waals surface area contributed by atoms with Crippen molar-refractivity contribution in [2.45, 2.75) is 37.8 Å². The molecule has 0 aromatic heterocycles. The number of aliphatic hydroxyl groups is 2. The SMILES string of the molecule is OCCC1CCCCN1CC(O)c1ccc(Br)cc1. The third-order valence-corrected chi connectivity index (χ3v) is 4.40. The van der Waals surface area contributed by atoms with E-state index in [2.05, 4.69) is 20.8 Å². The molecule has 1 aliphatic rings. The third kappa shape index (κ3) is 4.28. The lowest BCUT2D eigenvalue weighted by molar-refractivity contribution is 0.0565. The Morgan fingerprint density at radius 2 is 2.00 bits per heavy atom. The van der Waals surface area contributed by atoms with Crippen molar-refractivity contribution in [2.24, 2.45) is 0 Å². The fraction of sp³-hybridized carbons (Fsp3) is 0.600. The van der Waals surface area contributed by atoms with E-state index in [0.717, 1.165) is 29.4 Å². The summed E-state index contributed by atoms with van der Waals surface area (Å²) in [4.78, 5) is 2.33. The molecule has 3 nitrogen and oxygen atoms in total. The summed E-state index contributed by atoms with van der Waals surface area (Å²) in [5.41, 5.74) is 0.955. The van der Waals surface area contributed by atoms with E-state index < -0.39 is 6.10 Å². The fourth-order valence-corrected chi connectivity index (χ4v) is 3.05. The van der Waals surface area contributed by atoms with Gasteiger partial charge in [0.15, 0.2) is 0 Å². The van der Waals surface area contributed by atoms with Crippen molar-refractivity contribution >= 4 is 15.9 Å². The largest absolute Gasteiger partial charge is 0.396 e. The maximum absolute atomic E-state index is 10.3. The van der Waals surface area contributed by atoms with Crippen LogP contribution in [0.15, 0.2) is 28.7 Å². The first-order valence-electron chi connectivity index (χ1n) is 6.99. The first-order valence-corrected chi connectivity index (χ1v) is 7.78. The number of halogens is 1. The van der Waals surface area contributed by atoms with Gasteiger partial charge in [-0.2, -0.15) is 0 Å². The van der Waals surface area contributed by atoms with Crippen molar-refractivity contribution in [1.29, 1.82) is 0 Å². The minimum absolute atomic E-state index is 0.232. The number of rotatable bonds is 5. The quantitative estimate of drug-likeness (QED) is 0.873. The summed E-state index contributed by atoms with van der Waals surface area (Å²) in [5, 5.41) is 19.5. The molecule has 1 aromatic rings. The molecule has 106 valence electrons. The van der Waals surface area contributed by atoms with E-state index in [1.807, 2.05) is 24.3 Å². The van der Waals surface area contributed by atoms with Crippen LogP contribution in [0.3, 0.4) is 0 Å². The Hall–Kier alpha value is -0.420. The Balaban J connectivity index is 1.96. The maximum Gasteiger partial charge on any atom is 0.0917 e. The van der Waals surface area contributed by atoms with Gasteiger partial charge in [0.25, 0.3) is 0 Å². The van der Waals surface area contributed by atoms with Crippen molar-refractivity contribution in [3.63, 3.8) is 0 Å². The molecule has 2 rings (SSSR count). The Morgan fingerprint density at radius 3 is 2.68 bits per heavy atom. The molecule has 0 bridgehead atoms. The zero-order chi connectivity index (χ0) is 13.7. The van der Waals surface area contributed by atoms with Crippen LogP contribution in [-0.2, 0) is 0 Å². The van der Waals surface area contributed by atoms with Crippen LogP contribution in [0.5, 0.6) is 0 Å². The van der Waals surface area contributed by atoms with Crippen LogP contribution in [-0.4, -0.2) is 40.9 Å². The van der Waals surface area contributed by atoms with Crippen LogP contribution >= 0.6 is 15.9 Å². The third-order valence-electron chi connectivity index (χ3n) is 3.87. The molecule has 4 heteroatoms. The van der Waals surface area contributed by atoms with E-state index in [1.54, 1.807) is 0 Å². The number of hydrogen-bond donors (Lipinski definition) is 2. The summed E-state index contributed by atoms with van der Waals surface area (Å²) in [6.07, 6.45) is 3.91. The minimum Gasteiger partial charge on any atom is -0.396 e. The topological polar surface area (TPSA) is 43.7 Å². The molecule has 2 N–H and O–H groups in total. The van der Waals surface area contributed by atoms with Crippen molar-refractivity contribution < 1.29 is 10.2 Å². The number of aliphatic hydroxyl groups excluding tert-OH is 2. The normalized spacial score (nSPS) is 22.4. The van der Waals surface area contributed by atoms with Crippen LogP contribution in [0, 0.1) is 0 Å². The first kappa shape index (κ1) is 15.0. The Labute approximate surface area is 123 Å². The molecule has 1 fully saturated rings. The minimum atomic E-state index is -0.451. The summed E-state index contributed by atoms with van der Waals surface area (Å²) in [6.45, 7) is 1.92. The lowest BCUT2D eigenvalue weighted by Gasteiger charge is -2.36. The Kier molecular flexibility index (Phi) is 5.82. The van der Waals surface area contributed by atoms with Crippen LogP contribution < -0.4 is 0 Å². The predicted molar refractivity (Wildman–Crippen MR) is 80.0 cm³/mol. The van der Waals surface area contributed by atoms with Gasteiger partial charge in [0.2, 0.25) is 0 Å². The van der Waals surface area contributed by atoms with Crippen molar-refractivity contribution in [3.8, 4) is 0 Å². The van der Waals surface area contributed by atoms with Gasteiger partial charge >= 0.3 is 0 Å². The number of benzene rings is 1. The van der Waals surface area contributed by atoms with E-state index in [1.165, 1.54) is 12.8 Å². The summed E-state index contributed by atoms with van der Waals surface area (Å²) < 4.78 is 1.03. The highest BCUT2D eigenvalue weighted by molar-refractivity contribution is 9.10. The van der Waals surface area contributed by atoms with Gasteiger partial charge in [-0.15, -0.1) is 0 Å². The number of likely N-dealkylation sites (tertiary alicyclic amines) is 1. The molecule has 0 saturated carbocycles. The molecule has 19 heavy (non-hydrogen) atoms. The molecule has 2 atom stereocenters. The van der Waals surface area contributed by atoms with Gasteiger partial charge in [0.1, 0.15) is 0 Å². The average Bonchev–Trinajstić information content (AvgIpc) is 2.42. The van der Waals surface area contributed by atoms with Crippen LogP contribution in [0.25, 0.3) is 0 Å². The smallest absolute Gasteiger partial charge is 0.0917 e. The van der Waals surface area contributed by atoms with Crippen LogP contribution in [0.1, 0.15) is 37.4 Å². The van der Waals surface area contributed by atoms with Crippen LogP contribution in [0.2, 0.25) is 0 Å². The molecule has 1 aliphatic heterocycles. The van der Waals surface area contributed by atoms with Gasteiger partial charge < -0.3 is 10.2 Å². The monoisotopic (exact) mass is 327 g/mol. The van der Waals surface area contributed by atoms with Crippen molar-refractivity contribution in [3.05, 3.63) is 34.3 Å². The first-order chi connectivity index (χ1) is 9.20. The standard InChI is InChI=1S/C15H22BrNO2/c16-13-6-4-12(5-7-13)15(19)11-17-9-2-1-3-14(17)8-10-18/h4-7,14-15,18-19H,1-3,8-11H2.